The van der Waals surface area contributed by atoms with E-state index in [1.54, 1.807) is 0 Å². The lowest BCUT2D eigenvalue weighted by molar-refractivity contribution is -0.348. The zero-order valence-corrected chi connectivity index (χ0v) is 17.8. The van der Waals surface area contributed by atoms with Gasteiger partial charge < -0.3 is 19.3 Å². The van der Waals surface area contributed by atoms with Crippen LogP contribution < -0.4 is 5.32 Å². The van der Waals surface area contributed by atoms with E-state index in [-0.39, 0.29) is 0 Å². The first-order valence-corrected chi connectivity index (χ1v) is 9.93. The van der Waals surface area contributed by atoms with E-state index < -0.39 is 88.7 Å². The number of hydrogen-bond donors (Lipinski definition) is 1. The zero-order chi connectivity index (χ0) is 28.3. The number of nitrogens with one attached hydrogen (secondary N) is 1. The van der Waals surface area contributed by atoms with Crippen molar-refractivity contribution < 1.29 is 80.7 Å². The molecule has 20 heteroatoms. The first kappa shape index (κ1) is 32.5. The van der Waals surface area contributed by atoms with Gasteiger partial charge in [0.05, 0.1) is 13.2 Å². The molecule has 9 nitrogen and oxygen atoms in total. The van der Waals surface area contributed by atoms with Crippen molar-refractivity contribution in [1.29, 1.82) is 0 Å². The highest BCUT2D eigenvalue weighted by Crippen LogP contribution is 2.42. The van der Waals surface area contributed by atoms with Gasteiger partial charge in [-0.05, 0) is 13.3 Å². The molecule has 0 aliphatic heterocycles. The second-order valence-corrected chi connectivity index (χ2v) is 7.91. The van der Waals surface area contributed by atoms with Crippen LogP contribution in [0.1, 0.15) is 19.8 Å². The zero-order valence-electron chi connectivity index (χ0n) is 17.0. The predicted octanol–water partition coefficient (Wildman–Crippen LogP) is 2.18. The van der Waals surface area contributed by atoms with Gasteiger partial charge in [0.25, 0.3) is 0 Å². The highest BCUT2D eigenvalue weighted by molar-refractivity contribution is 7.86. The summed E-state index contributed by atoms with van der Waals surface area (Å²) in [5.74, 6) is -17.3. The van der Waals surface area contributed by atoms with Crippen LogP contribution in [0.2, 0.25) is 0 Å². The van der Waals surface area contributed by atoms with Crippen LogP contribution in [0.3, 0.4) is 0 Å². The average molecular weight is 558 g/mol. The van der Waals surface area contributed by atoms with Crippen LogP contribution in [0.25, 0.3) is 0 Å². The SMILES string of the molecule is C=C(C(=O)OC(OCCCC(F)(F)C(F)(F)S(=O)(=O)[O-])(C(=O)NCC(C)=O)C(F)(F)F)C(F)(F)F. The third-order valence-corrected chi connectivity index (χ3v) is 4.60. The van der Waals surface area contributed by atoms with E-state index in [4.69, 9.17) is 0 Å². The molecule has 1 N–H and O–H groups in total. The van der Waals surface area contributed by atoms with Crippen molar-refractivity contribution in [3.8, 4) is 0 Å². The Morgan fingerprint density at radius 3 is 1.83 bits per heavy atom. The predicted molar refractivity (Wildman–Crippen MR) is 88.5 cm³/mol. The fraction of sp³-hybridized carbons (Fsp3) is 0.667. The summed E-state index contributed by atoms with van der Waals surface area (Å²) in [5.41, 5.74) is -2.58. The van der Waals surface area contributed by atoms with Gasteiger partial charge in [0.1, 0.15) is 11.4 Å². The quantitative estimate of drug-likeness (QED) is 0.0961. The maximum absolute atomic E-state index is 13.6. The summed E-state index contributed by atoms with van der Waals surface area (Å²) < 4.78 is 170. The van der Waals surface area contributed by atoms with E-state index >= 15 is 0 Å². The molecule has 0 aromatic heterocycles. The molecule has 0 saturated heterocycles. The van der Waals surface area contributed by atoms with Crippen molar-refractivity contribution in [2.24, 2.45) is 0 Å². The minimum Gasteiger partial charge on any atom is -0.743 e. The molecule has 0 aliphatic rings. The van der Waals surface area contributed by atoms with E-state index in [2.05, 4.69) is 16.1 Å². The van der Waals surface area contributed by atoms with Crippen molar-refractivity contribution in [3.63, 3.8) is 0 Å². The number of esters is 1. The Kier molecular flexibility index (Phi) is 9.89. The summed E-state index contributed by atoms with van der Waals surface area (Å²) >= 11 is 0. The van der Waals surface area contributed by atoms with Gasteiger partial charge in [0.15, 0.2) is 10.1 Å². The van der Waals surface area contributed by atoms with Crippen LogP contribution in [0.15, 0.2) is 12.2 Å². The van der Waals surface area contributed by atoms with Crippen molar-refractivity contribution in [2.45, 2.75) is 49.1 Å². The number of ketones is 1. The molecule has 0 radical (unpaired) electrons. The van der Waals surface area contributed by atoms with Crippen LogP contribution in [0, 0.1) is 0 Å². The van der Waals surface area contributed by atoms with Gasteiger partial charge >= 0.3 is 41.2 Å². The average Bonchev–Trinajstić information content (AvgIpc) is 2.64. The third kappa shape index (κ3) is 7.75. The molecule has 1 unspecified atom stereocenters. The molecule has 0 heterocycles. The highest BCUT2D eigenvalue weighted by Gasteiger charge is 2.67. The molecule has 0 bridgehead atoms. The van der Waals surface area contributed by atoms with Gasteiger partial charge in [-0.3, -0.25) is 9.59 Å². The number of carbonyl (C=O) groups is 3. The smallest absolute Gasteiger partial charge is 0.466 e. The molecule has 0 aromatic carbocycles. The maximum atomic E-state index is 13.6. The van der Waals surface area contributed by atoms with Gasteiger partial charge in [0.2, 0.25) is 0 Å². The van der Waals surface area contributed by atoms with Gasteiger partial charge in [-0.25, -0.2) is 13.2 Å². The molecular weight excluding hydrogens is 544 g/mol. The van der Waals surface area contributed by atoms with Crippen molar-refractivity contribution >= 4 is 27.8 Å². The first-order chi connectivity index (χ1) is 15.3. The Morgan fingerprint density at radius 2 is 1.46 bits per heavy atom. The monoisotopic (exact) mass is 558 g/mol. The minimum atomic E-state index is -6.95. The summed E-state index contributed by atoms with van der Waals surface area (Å²) in [5, 5.41) is -5.02. The first-order valence-electron chi connectivity index (χ1n) is 8.52. The fourth-order valence-electron chi connectivity index (χ4n) is 1.88. The van der Waals surface area contributed by atoms with E-state index in [0.29, 0.717) is 0 Å². The second kappa shape index (κ2) is 10.6. The lowest BCUT2D eigenvalue weighted by Gasteiger charge is -2.33. The van der Waals surface area contributed by atoms with E-state index in [1.807, 2.05) is 0 Å². The maximum Gasteiger partial charge on any atom is 0.466 e. The molecule has 0 aromatic rings. The van der Waals surface area contributed by atoms with Crippen molar-refractivity contribution in [3.05, 3.63) is 12.2 Å². The van der Waals surface area contributed by atoms with Gasteiger partial charge in [-0.1, -0.05) is 6.58 Å². The van der Waals surface area contributed by atoms with Gasteiger partial charge in [0, 0.05) is 6.42 Å². The summed E-state index contributed by atoms with van der Waals surface area (Å²) in [6.07, 6.45) is -16.0. The van der Waals surface area contributed by atoms with Crippen LogP contribution in [0.4, 0.5) is 43.9 Å². The number of hydrogen-bond acceptors (Lipinski definition) is 8. The van der Waals surface area contributed by atoms with Crippen LogP contribution in [-0.2, 0) is 34.0 Å². The van der Waals surface area contributed by atoms with Gasteiger partial charge in [-0.15, -0.1) is 0 Å². The number of carbonyl (C=O) groups excluding carboxylic acids is 3. The van der Waals surface area contributed by atoms with Gasteiger partial charge in [-0.2, -0.15) is 43.9 Å². The molecule has 0 spiro atoms. The molecule has 1 atom stereocenters. The Bertz CT molecular complexity index is 944. The van der Waals surface area contributed by atoms with Crippen molar-refractivity contribution in [1.82, 2.24) is 5.32 Å². The fourth-order valence-corrected chi connectivity index (χ4v) is 2.35. The Morgan fingerprint density at radius 1 is 0.971 bits per heavy atom. The number of amides is 1. The molecule has 0 saturated carbocycles. The Balaban J connectivity index is 6.05. The summed E-state index contributed by atoms with van der Waals surface area (Å²) in [6.45, 7) is -0.269. The van der Waals surface area contributed by atoms with E-state index in [1.165, 1.54) is 5.32 Å². The molecule has 0 fully saturated rings. The highest BCUT2D eigenvalue weighted by atomic mass is 32.2. The Labute approximate surface area is 189 Å². The normalized spacial score (nSPS) is 15.2. The Hall–Kier alpha value is -2.48. The lowest BCUT2D eigenvalue weighted by atomic mass is 10.2. The number of ether oxygens (including phenoxy) is 2. The molecule has 0 rings (SSSR count). The second-order valence-electron chi connectivity index (χ2n) is 6.49. The van der Waals surface area contributed by atoms with Crippen LogP contribution in [0.5, 0.6) is 0 Å². The number of Topliss-reactive ketones (excluding diaryl/α,β-unsaturated/α-hetero) is 1. The number of rotatable bonds is 12. The third-order valence-electron chi connectivity index (χ3n) is 3.68. The summed E-state index contributed by atoms with van der Waals surface area (Å²) in [6, 6.07) is 0. The number of alkyl halides is 10. The minimum absolute atomic E-state index is 0.722. The van der Waals surface area contributed by atoms with Crippen LogP contribution >= 0.6 is 0 Å². The molecule has 0 aliphatic carbocycles. The van der Waals surface area contributed by atoms with E-state index in [0.717, 1.165) is 6.92 Å². The summed E-state index contributed by atoms with van der Waals surface area (Å²) in [4.78, 5) is 34.5. The molecular formula is C15H14F10NO8S-. The van der Waals surface area contributed by atoms with Crippen molar-refractivity contribution in [2.75, 3.05) is 13.2 Å². The molecule has 204 valence electrons. The molecule has 35 heavy (non-hydrogen) atoms. The molecule has 1 amide bonds. The standard InChI is InChI=1S/C15H15F10NO8S/c1-7(27)6-26-10(29)12(14(21,22)23,34-9(28)8(2)13(18,19)20)33-5-3-4-11(16,17)15(24,25)35(30,31)32/h2-6H2,1H3,(H,26,29)(H,30,31,32)/p-1. The topological polar surface area (TPSA) is 139 Å². The summed E-state index contributed by atoms with van der Waals surface area (Å²) in [7, 11) is -6.95. The largest absolute Gasteiger partial charge is 0.743 e. The number of halogens is 10. The van der Waals surface area contributed by atoms with Crippen LogP contribution in [-0.4, -0.2) is 73.1 Å². The van der Waals surface area contributed by atoms with E-state index in [9.17, 15) is 71.3 Å². The lowest BCUT2D eigenvalue weighted by Crippen LogP contribution is -2.62.